The SMILES string of the molecule is O=C(O)Nc1ccc(C(O)=CC(=O)c2ccccc2)cc1. The molecule has 5 nitrogen and oxygen atoms in total. The Hall–Kier alpha value is -3.08. The maximum atomic E-state index is 11.9. The summed E-state index contributed by atoms with van der Waals surface area (Å²) in [5.74, 6) is -0.480. The van der Waals surface area contributed by atoms with Gasteiger partial charge in [-0.2, -0.15) is 0 Å². The van der Waals surface area contributed by atoms with Crippen molar-refractivity contribution in [1.29, 1.82) is 0 Å². The summed E-state index contributed by atoms with van der Waals surface area (Å²) in [5.41, 5.74) is 1.29. The molecule has 0 saturated carbocycles. The molecular formula is C16H13NO4. The largest absolute Gasteiger partial charge is 0.507 e. The predicted octanol–water partition coefficient (Wildman–Crippen LogP) is 3.56. The van der Waals surface area contributed by atoms with Crippen molar-refractivity contribution in [2.24, 2.45) is 0 Å². The number of carbonyl (C=O) groups excluding carboxylic acids is 1. The van der Waals surface area contributed by atoms with Crippen LogP contribution in [-0.4, -0.2) is 22.1 Å². The summed E-state index contributed by atoms with van der Waals surface area (Å²) >= 11 is 0. The fourth-order valence-corrected chi connectivity index (χ4v) is 1.74. The number of nitrogens with one attached hydrogen (secondary N) is 1. The molecule has 106 valence electrons. The molecular weight excluding hydrogens is 270 g/mol. The zero-order valence-corrected chi connectivity index (χ0v) is 11.0. The van der Waals surface area contributed by atoms with E-state index >= 15 is 0 Å². The minimum Gasteiger partial charge on any atom is -0.507 e. The predicted molar refractivity (Wildman–Crippen MR) is 79.5 cm³/mol. The maximum Gasteiger partial charge on any atom is 0.409 e. The molecule has 0 unspecified atom stereocenters. The molecule has 0 fully saturated rings. The van der Waals surface area contributed by atoms with Crippen LogP contribution in [0.4, 0.5) is 10.5 Å². The van der Waals surface area contributed by atoms with E-state index in [9.17, 15) is 14.7 Å². The lowest BCUT2D eigenvalue weighted by Crippen LogP contribution is -2.06. The molecule has 2 aromatic carbocycles. The molecule has 5 heteroatoms. The van der Waals surface area contributed by atoms with Gasteiger partial charge < -0.3 is 10.2 Å². The van der Waals surface area contributed by atoms with Crippen molar-refractivity contribution < 1.29 is 19.8 Å². The van der Waals surface area contributed by atoms with E-state index in [4.69, 9.17) is 5.11 Å². The highest BCUT2D eigenvalue weighted by Gasteiger charge is 2.06. The monoisotopic (exact) mass is 283 g/mol. The van der Waals surface area contributed by atoms with Crippen molar-refractivity contribution >= 4 is 23.3 Å². The Kier molecular flexibility index (Phi) is 4.36. The van der Waals surface area contributed by atoms with Crippen LogP contribution < -0.4 is 5.32 Å². The topological polar surface area (TPSA) is 86.6 Å². The van der Waals surface area contributed by atoms with Crippen LogP contribution in [0, 0.1) is 0 Å². The van der Waals surface area contributed by atoms with Gasteiger partial charge in [0.25, 0.3) is 0 Å². The summed E-state index contributed by atoms with van der Waals surface area (Å²) in [4.78, 5) is 22.4. The zero-order chi connectivity index (χ0) is 15.2. The average molecular weight is 283 g/mol. The highest BCUT2D eigenvalue weighted by Crippen LogP contribution is 2.16. The van der Waals surface area contributed by atoms with E-state index < -0.39 is 6.09 Å². The summed E-state index contributed by atoms with van der Waals surface area (Å²) in [6.07, 6.45) is -0.0311. The molecule has 3 N–H and O–H groups in total. The summed E-state index contributed by atoms with van der Waals surface area (Å²) in [5, 5.41) is 20.7. The van der Waals surface area contributed by atoms with Crippen LogP contribution in [0.15, 0.2) is 60.7 Å². The number of aliphatic hydroxyl groups excluding tert-OH is 1. The lowest BCUT2D eigenvalue weighted by Gasteiger charge is -2.03. The fourth-order valence-electron chi connectivity index (χ4n) is 1.74. The second-order valence-corrected chi connectivity index (χ2v) is 4.27. The number of allylic oxidation sites excluding steroid dienone is 1. The lowest BCUT2D eigenvalue weighted by atomic mass is 10.1. The Morgan fingerprint density at radius 2 is 1.48 bits per heavy atom. The Labute approximate surface area is 121 Å². The Bertz CT molecular complexity index is 675. The van der Waals surface area contributed by atoms with Gasteiger partial charge in [-0.3, -0.25) is 10.1 Å². The maximum absolute atomic E-state index is 11.9. The number of hydrogen-bond donors (Lipinski definition) is 3. The van der Waals surface area contributed by atoms with Crippen LogP contribution in [-0.2, 0) is 0 Å². The smallest absolute Gasteiger partial charge is 0.409 e. The van der Waals surface area contributed by atoms with Gasteiger partial charge in [-0.25, -0.2) is 4.79 Å². The van der Waals surface area contributed by atoms with Crippen LogP contribution >= 0.6 is 0 Å². The number of carbonyl (C=O) groups is 2. The van der Waals surface area contributed by atoms with E-state index in [1.165, 1.54) is 24.3 Å². The molecule has 1 amide bonds. The summed E-state index contributed by atoms with van der Waals surface area (Å²) in [7, 11) is 0. The van der Waals surface area contributed by atoms with Gasteiger partial charge in [-0.1, -0.05) is 30.3 Å². The molecule has 0 atom stereocenters. The first-order chi connectivity index (χ1) is 10.1. The second kappa shape index (κ2) is 6.38. The molecule has 2 rings (SSSR count). The molecule has 0 heterocycles. The van der Waals surface area contributed by atoms with Crippen molar-refractivity contribution in [2.45, 2.75) is 0 Å². The Morgan fingerprint density at radius 1 is 0.857 bits per heavy atom. The van der Waals surface area contributed by atoms with Crippen LogP contribution in [0.3, 0.4) is 0 Å². The van der Waals surface area contributed by atoms with Gasteiger partial charge in [0.1, 0.15) is 5.76 Å². The lowest BCUT2D eigenvalue weighted by molar-refractivity contribution is 0.104. The third kappa shape index (κ3) is 3.94. The number of ketones is 1. The van der Waals surface area contributed by atoms with Crippen molar-refractivity contribution in [3.8, 4) is 0 Å². The van der Waals surface area contributed by atoms with E-state index in [0.717, 1.165) is 6.08 Å². The van der Waals surface area contributed by atoms with Crippen LogP contribution in [0.5, 0.6) is 0 Å². The Morgan fingerprint density at radius 3 is 2.05 bits per heavy atom. The molecule has 0 radical (unpaired) electrons. The van der Waals surface area contributed by atoms with Gasteiger partial charge in [0.15, 0.2) is 5.78 Å². The Balaban J connectivity index is 2.15. The minimum atomic E-state index is -1.17. The molecule has 0 aromatic heterocycles. The number of anilines is 1. The molecule has 21 heavy (non-hydrogen) atoms. The van der Waals surface area contributed by atoms with Crippen molar-refractivity contribution in [1.82, 2.24) is 0 Å². The number of rotatable bonds is 4. The van der Waals surface area contributed by atoms with E-state index in [1.807, 2.05) is 0 Å². The number of carboxylic acid groups (broad SMARTS) is 1. The van der Waals surface area contributed by atoms with Crippen LogP contribution in [0.25, 0.3) is 5.76 Å². The molecule has 0 aliphatic rings. The van der Waals surface area contributed by atoms with Gasteiger partial charge >= 0.3 is 6.09 Å². The minimum absolute atomic E-state index is 0.175. The fraction of sp³-hybridized carbons (Fsp3) is 0. The number of benzene rings is 2. The van der Waals surface area contributed by atoms with Crippen molar-refractivity contribution in [3.05, 3.63) is 71.8 Å². The van der Waals surface area contributed by atoms with E-state index in [2.05, 4.69) is 5.32 Å². The normalized spacial score (nSPS) is 11.0. The summed E-state index contributed by atoms with van der Waals surface area (Å²) in [6.45, 7) is 0. The highest BCUT2D eigenvalue weighted by molar-refractivity contribution is 6.07. The van der Waals surface area contributed by atoms with Crippen LogP contribution in [0.1, 0.15) is 15.9 Å². The molecule has 2 aromatic rings. The third-order valence-corrected chi connectivity index (χ3v) is 2.76. The molecule has 0 bridgehead atoms. The molecule has 0 aliphatic heterocycles. The molecule has 0 saturated heterocycles. The van der Waals surface area contributed by atoms with Gasteiger partial charge in [0.2, 0.25) is 0 Å². The molecule has 0 spiro atoms. The number of amides is 1. The van der Waals surface area contributed by atoms with Gasteiger partial charge in [0, 0.05) is 22.9 Å². The average Bonchev–Trinajstić information content (AvgIpc) is 2.48. The van der Waals surface area contributed by atoms with Gasteiger partial charge in [-0.15, -0.1) is 0 Å². The van der Waals surface area contributed by atoms with Crippen molar-refractivity contribution in [2.75, 3.05) is 5.32 Å². The number of aliphatic hydroxyl groups is 1. The number of hydrogen-bond acceptors (Lipinski definition) is 3. The van der Waals surface area contributed by atoms with Crippen LogP contribution in [0.2, 0.25) is 0 Å². The highest BCUT2D eigenvalue weighted by atomic mass is 16.4. The first-order valence-corrected chi connectivity index (χ1v) is 6.16. The van der Waals surface area contributed by atoms with Gasteiger partial charge in [0.05, 0.1) is 0 Å². The van der Waals surface area contributed by atoms with Crippen molar-refractivity contribution in [3.63, 3.8) is 0 Å². The summed E-state index contributed by atoms with van der Waals surface area (Å²) < 4.78 is 0. The standard InChI is InChI=1S/C16H13NO4/c18-14(11-4-2-1-3-5-11)10-15(19)12-6-8-13(9-7-12)17-16(20)21/h1-10,17,19H,(H,20,21). The first-order valence-electron chi connectivity index (χ1n) is 6.16. The summed E-state index contributed by atoms with van der Waals surface area (Å²) in [6, 6.07) is 14.6. The molecule has 0 aliphatic carbocycles. The van der Waals surface area contributed by atoms with E-state index in [-0.39, 0.29) is 11.5 Å². The second-order valence-electron chi connectivity index (χ2n) is 4.27. The zero-order valence-electron chi connectivity index (χ0n) is 11.0. The quantitative estimate of drug-likeness (QED) is 0.455. The first kappa shape index (κ1) is 14.3. The van der Waals surface area contributed by atoms with E-state index in [1.54, 1.807) is 30.3 Å². The van der Waals surface area contributed by atoms with Gasteiger partial charge in [-0.05, 0) is 24.3 Å². The third-order valence-electron chi connectivity index (χ3n) is 2.76. The van der Waals surface area contributed by atoms with E-state index in [0.29, 0.717) is 16.8 Å².